The predicted molar refractivity (Wildman–Crippen MR) is 96.4 cm³/mol. The molecule has 2 amide bonds. The van der Waals surface area contributed by atoms with E-state index >= 15 is 0 Å². The van der Waals surface area contributed by atoms with Gasteiger partial charge in [-0.1, -0.05) is 40.2 Å². The van der Waals surface area contributed by atoms with Crippen molar-refractivity contribution in [2.24, 2.45) is 5.41 Å². The molecule has 0 fully saturated rings. The van der Waals surface area contributed by atoms with Crippen molar-refractivity contribution in [3.05, 3.63) is 58.6 Å². The SMILES string of the molecule is Cc1ccccc1NC(=O)C(C)(C)C(=O)Nc1cccc(Br)c1. The van der Waals surface area contributed by atoms with Crippen LogP contribution in [0.2, 0.25) is 0 Å². The normalized spacial score (nSPS) is 11.0. The number of nitrogens with one attached hydrogen (secondary N) is 2. The molecule has 23 heavy (non-hydrogen) atoms. The number of amides is 2. The van der Waals surface area contributed by atoms with Crippen LogP contribution >= 0.6 is 15.9 Å². The molecule has 0 aliphatic heterocycles. The van der Waals surface area contributed by atoms with Crippen LogP contribution in [-0.2, 0) is 9.59 Å². The molecule has 5 heteroatoms. The zero-order valence-corrected chi connectivity index (χ0v) is 14.9. The quantitative estimate of drug-likeness (QED) is 0.780. The lowest BCUT2D eigenvalue weighted by Crippen LogP contribution is -2.41. The zero-order chi connectivity index (χ0) is 17.0. The van der Waals surface area contributed by atoms with E-state index < -0.39 is 5.41 Å². The van der Waals surface area contributed by atoms with Crippen LogP contribution in [0, 0.1) is 12.3 Å². The molecule has 2 aromatic carbocycles. The van der Waals surface area contributed by atoms with Crippen molar-refractivity contribution in [1.82, 2.24) is 0 Å². The smallest absolute Gasteiger partial charge is 0.239 e. The molecule has 0 spiro atoms. The minimum Gasteiger partial charge on any atom is -0.325 e. The van der Waals surface area contributed by atoms with Gasteiger partial charge in [0.2, 0.25) is 11.8 Å². The third-order valence-corrected chi connectivity index (χ3v) is 4.10. The first-order valence-electron chi connectivity index (χ1n) is 7.25. The summed E-state index contributed by atoms with van der Waals surface area (Å²) in [5.41, 5.74) is 1.09. The number of carbonyl (C=O) groups is 2. The van der Waals surface area contributed by atoms with Gasteiger partial charge < -0.3 is 10.6 Å². The van der Waals surface area contributed by atoms with Gasteiger partial charge in [-0.25, -0.2) is 0 Å². The van der Waals surface area contributed by atoms with Crippen LogP contribution in [-0.4, -0.2) is 11.8 Å². The van der Waals surface area contributed by atoms with E-state index in [4.69, 9.17) is 0 Å². The Morgan fingerprint density at radius 3 is 2.26 bits per heavy atom. The van der Waals surface area contributed by atoms with Gasteiger partial charge >= 0.3 is 0 Å². The highest BCUT2D eigenvalue weighted by Gasteiger charge is 2.36. The molecule has 0 aliphatic carbocycles. The van der Waals surface area contributed by atoms with Crippen molar-refractivity contribution in [3.8, 4) is 0 Å². The molecule has 0 radical (unpaired) electrons. The highest BCUT2D eigenvalue weighted by atomic mass is 79.9. The standard InChI is InChI=1S/C18H19BrN2O2/c1-12-7-4-5-10-15(12)21-17(23)18(2,3)16(22)20-14-9-6-8-13(19)11-14/h4-11H,1-3H3,(H,20,22)(H,21,23). The number of hydrogen-bond acceptors (Lipinski definition) is 2. The van der Waals surface area contributed by atoms with Gasteiger partial charge in [0.05, 0.1) is 0 Å². The summed E-state index contributed by atoms with van der Waals surface area (Å²) in [4.78, 5) is 25.0. The molecular formula is C18H19BrN2O2. The van der Waals surface area contributed by atoms with Crippen LogP contribution in [0.4, 0.5) is 11.4 Å². The molecule has 0 heterocycles. The molecule has 0 bridgehead atoms. The number of carbonyl (C=O) groups excluding carboxylic acids is 2. The number of benzene rings is 2. The van der Waals surface area contributed by atoms with Crippen molar-refractivity contribution in [2.45, 2.75) is 20.8 Å². The van der Waals surface area contributed by atoms with Gasteiger partial charge in [0.25, 0.3) is 0 Å². The Labute approximate surface area is 144 Å². The molecule has 0 atom stereocenters. The summed E-state index contributed by atoms with van der Waals surface area (Å²) in [5, 5.41) is 5.59. The lowest BCUT2D eigenvalue weighted by Gasteiger charge is -2.23. The minimum atomic E-state index is -1.20. The largest absolute Gasteiger partial charge is 0.325 e. The van der Waals surface area contributed by atoms with Crippen molar-refractivity contribution in [3.63, 3.8) is 0 Å². The third-order valence-electron chi connectivity index (χ3n) is 3.61. The summed E-state index contributed by atoms with van der Waals surface area (Å²) in [7, 11) is 0. The summed E-state index contributed by atoms with van der Waals surface area (Å²) in [5.74, 6) is -0.707. The first-order valence-corrected chi connectivity index (χ1v) is 8.04. The summed E-state index contributed by atoms with van der Waals surface area (Å²) in [6, 6.07) is 14.7. The number of halogens is 1. The third kappa shape index (κ3) is 4.20. The Morgan fingerprint density at radius 2 is 1.61 bits per heavy atom. The van der Waals surface area contributed by atoms with Crippen molar-refractivity contribution >= 4 is 39.1 Å². The second-order valence-electron chi connectivity index (χ2n) is 5.86. The summed E-state index contributed by atoms with van der Waals surface area (Å²) in [6.45, 7) is 5.12. The maximum absolute atomic E-state index is 12.5. The number of rotatable bonds is 4. The van der Waals surface area contributed by atoms with Crippen LogP contribution in [0.5, 0.6) is 0 Å². The van der Waals surface area contributed by atoms with Crippen LogP contribution in [0.3, 0.4) is 0 Å². The maximum atomic E-state index is 12.5. The highest BCUT2D eigenvalue weighted by Crippen LogP contribution is 2.24. The van der Waals surface area contributed by atoms with Crippen LogP contribution < -0.4 is 10.6 Å². The van der Waals surface area contributed by atoms with Gasteiger partial charge in [-0.3, -0.25) is 9.59 Å². The number of aryl methyl sites for hydroxylation is 1. The predicted octanol–water partition coefficient (Wildman–Crippen LogP) is 4.36. The fourth-order valence-corrected chi connectivity index (χ4v) is 2.35. The number of anilines is 2. The van der Waals surface area contributed by atoms with E-state index in [1.165, 1.54) is 0 Å². The van der Waals surface area contributed by atoms with E-state index in [9.17, 15) is 9.59 Å². The van der Waals surface area contributed by atoms with Crippen molar-refractivity contribution < 1.29 is 9.59 Å². The minimum absolute atomic E-state index is 0.348. The van der Waals surface area contributed by atoms with Gasteiger partial charge in [0.15, 0.2) is 0 Å². The maximum Gasteiger partial charge on any atom is 0.239 e. The lowest BCUT2D eigenvalue weighted by molar-refractivity contribution is -0.135. The van der Waals surface area contributed by atoms with Crippen molar-refractivity contribution in [2.75, 3.05) is 10.6 Å². The number of hydrogen-bond donors (Lipinski definition) is 2. The van der Waals surface area contributed by atoms with Crippen LogP contribution in [0.25, 0.3) is 0 Å². The topological polar surface area (TPSA) is 58.2 Å². The molecule has 2 aromatic rings. The van der Waals surface area contributed by atoms with Gasteiger partial charge in [0, 0.05) is 15.8 Å². The summed E-state index contributed by atoms with van der Waals surface area (Å²) >= 11 is 3.35. The molecule has 4 nitrogen and oxygen atoms in total. The van der Waals surface area contributed by atoms with E-state index in [0.29, 0.717) is 11.4 Å². The number of para-hydroxylation sites is 1. The molecular weight excluding hydrogens is 356 g/mol. The molecule has 2 N–H and O–H groups in total. The first-order chi connectivity index (χ1) is 10.8. The Bertz CT molecular complexity index is 741. The van der Waals surface area contributed by atoms with Crippen molar-refractivity contribution in [1.29, 1.82) is 0 Å². The molecule has 0 aliphatic rings. The second kappa shape index (κ2) is 6.96. The molecule has 0 unspecified atom stereocenters. The molecule has 120 valence electrons. The average molecular weight is 375 g/mol. The van der Waals surface area contributed by atoms with E-state index in [2.05, 4.69) is 26.6 Å². The fourth-order valence-electron chi connectivity index (χ4n) is 1.95. The van der Waals surface area contributed by atoms with Crippen LogP contribution in [0.15, 0.2) is 53.0 Å². The molecule has 0 aromatic heterocycles. The molecule has 0 saturated heterocycles. The lowest BCUT2D eigenvalue weighted by atomic mass is 9.90. The van der Waals surface area contributed by atoms with E-state index in [-0.39, 0.29) is 11.8 Å². The van der Waals surface area contributed by atoms with Crippen LogP contribution in [0.1, 0.15) is 19.4 Å². The van der Waals surface area contributed by atoms with Gasteiger partial charge in [-0.05, 0) is 50.6 Å². The Hall–Kier alpha value is -2.14. The van der Waals surface area contributed by atoms with Gasteiger partial charge in [0.1, 0.15) is 5.41 Å². The van der Waals surface area contributed by atoms with E-state index in [0.717, 1.165) is 10.0 Å². The Balaban J connectivity index is 2.11. The first kappa shape index (κ1) is 17.2. The summed E-state index contributed by atoms with van der Waals surface area (Å²) < 4.78 is 0.859. The Morgan fingerprint density at radius 1 is 0.957 bits per heavy atom. The average Bonchev–Trinajstić information content (AvgIpc) is 2.49. The molecule has 2 rings (SSSR count). The monoisotopic (exact) mass is 374 g/mol. The van der Waals surface area contributed by atoms with Gasteiger partial charge in [-0.2, -0.15) is 0 Å². The highest BCUT2D eigenvalue weighted by molar-refractivity contribution is 9.10. The molecule has 0 saturated carbocycles. The van der Waals surface area contributed by atoms with E-state index in [1.807, 2.05) is 43.3 Å². The van der Waals surface area contributed by atoms with Gasteiger partial charge in [-0.15, -0.1) is 0 Å². The second-order valence-corrected chi connectivity index (χ2v) is 6.77. The fraction of sp³-hybridized carbons (Fsp3) is 0.222. The zero-order valence-electron chi connectivity index (χ0n) is 13.3. The Kier molecular flexibility index (Phi) is 5.21. The summed E-state index contributed by atoms with van der Waals surface area (Å²) in [6.07, 6.45) is 0. The van der Waals surface area contributed by atoms with E-state index in [1.54, 1.807) is 26.0 Å².